The van der Waals surface area contributed by atoms with Crippen molar-refractivity contribution in [1.82, 2.24) is 15.0 Å². The molecule has 0 aliphatic carbocycles. The van der Waals surface area contributed by atoms with E-state index in [2.05, 4.69) is 27.0 Å². The maximum absolute atomic E-state index is 6.01. The second-order valence-electron chi connectivity index (χ2n) is 6.68. The van der Waals surface area contributed by atoms with Crippen LogP contribution >= 0.6 is 11.6 Å². The van der Waals surface area contributed by atoms with Gasteiger partial charge in [-0.25, -0.2) is 9.97 Å². The molecule has 4 N–H and O–H groups in total. The molecule has 3 heterocycles. The minimum absolute atomic E-state index is 0.170. The first kappa shape index (κ1) is 16.8. The van der Waals surface area contributed by atoms with Gasteiger partial charge in [-0.3, -0.25) is 0 Å². The molecule has 4 rings (SSSR count). The molecule has 1 atom stereocenters. The van der Waals surface area contributed by atoms with E-state index in [0.29, 0.717) is 22.9 Å². The number of rotatable bonds is 3. The van der Waals surface area contributed by atoms with Crippen LogP contribution in [0.5, 0.6) is 0 Å². The van der Waals surface area contributed by atoms with Crippen molar-refractivity contribution in [2.45, 2.75) is 31.7 Å². The summed E-state index contributed by atoms with van der Waals surface area (Å²) in [6, 6.07) is 12.4. The highest BCUT2D eigenvalue weighted by Crippen LogP contribution is 2.28. The molecule has 1 saturated heterocycles. The maximum Gasteiger partial charge on any atom is 0.222 e. The molecule has 7 heteroatoms. The Labute approximate surface area is 157 Å². The number of piperidine rings is 1. The van der Waals surface area contributed by atoms with Crippen LogP contribution in [0.4, 0.5) is 17.6 Å². The number of benzene rings is 1. The van der Waals surface area contributed by atoms with Gasteiger partial charge in [-0.15, -0.1) is 0 Å². The third-order valence-electron chi connectivity index (χ3n) is 4.88. The molecule has 26 heavy (non-hydrogen) atoms. The maximum atomic E-state index is 6.01. The first-order valence-electron chi connectivity index (χ1n) is 8.81. The number of hydrogen-bond donors (Lipinski definition) is 2. The minimum atomic E-state index is 0.170. The monoisotopic (exact) mass is 368 g/mol. The van der Waals surface area contributed by atoms with Crippen molar-refractivity contribution < 1.29 is 0 Å². The number of halogens is 1. The summed E-state index contributed by atoms with van der Waals surface area (Å²) in [6.45, 7) is 0.979. The molecule has 1 unspecified atom stereocenters. The summed E-state index contributed by atoms with van der Waals surface area (Å²) in [5.74, 6) is 1.40. The molecular formula is C19H21ClN6. The number of nitrogens with two attached hydrogens (primary N) is 2. The van der Waals surface area contributed by atoms with Crippen LogP contribution in [0.2, 0.25) is 5.02 Å². The summed E-state index contributed by atoms with van der Waals surface area (Å²) in [5.41, 5.74) is 14.2. The number of nitrogens with zero attached hydrogens (tertiary/aromatic N) is 4. The summed E-state index contributed by atoms with van der Waals surface area (Å²) in [5, 5.41) is 0.764. The van der Waals surface area contributed by atoms with Gasteiger partial charge in [0.1, 0.15) is 11.3 Å². The molecule has 2 aromatic heterocycles. The van der Waals surface area contributed by atoms with Crippen LogP contribution in [0.1, 0.15) is 24.8 Å². The molecule has 0 saturated carbocycles. The molecule has 134 valence electrons. The minimum Gasteiger partial charge on any atom is -0.382 e. The van der Waals surface area contributed by atoms with Crippen molar-refractivity contribution in [2.24, 2.45) is 0 Å². The van der Waals surface area contributed by atoms with E-state index in [9.17, 15) is 0 Å². The first-order chi connectivity index (χ1) is 12.6. The van der Waals surface area contributed by atoms with Gasteiger partial charge in [0.25, 0.3) is 0 Å². The van der Waals surface area contributed by atoms with E-state index in [4.69, 9.17) is 28.1 Å². The van der Waals surface area contributed by atoms with Crippen molar-refractivity contribution in [3.63, 3.8) is 0 Å². The summed E-state index contributed by atoms with van der Waals surface area (Å²) >= 11 is 6.01. The van der Waals surface area contributed by atoms with E-state index in [1.165, 1.54) is 12.0 Å². The topological polar surface area (TPSA) is 93.9 Å². The number of anilines is 3. The van der Waals surface area contributed by atoms with Gasteiger partial charge in [-0.1, -0.05) is 23.7 Å². The van der Waals surface area contributed by atoms with Crippen molar-refractivity contribution in [2.75, 3.05) is 22.9 Å². The lowest BCUT2D eigenvalue weighted by molar-refractivity contribution is 0.454. The van der Waals surface area contributed by atoms with Gasteiger partial charge in [0.15, 0.2) is 5.82 Å². The molecule has 3 aromatic rings. The largest absolute Gasteiger partial charge is 0.382 e. The van der Waals surface area contributed by atoms with Gasteiger partial charge in [0.2, 0.25) is 5.95 Å². The van der Waals surface area contributed by atoms with E-state index in [0.717, 1.165) is 36.6 Å². The van der Waals surface area contributed by atoms with Gasteiger partial charge >= 0.3 is 0 Å². The molecule has 6 nitrogen and oxygen atoms in total. The van der Waals surface area contributed by atoms with Crippen molar-refractivity contribution in [3.8, 4) is 0 Å². The Hall–Kier alpha value is -2.60. The van der Waals surface area contributed by atoms with Gasteiger partial charge in [-0.2, -0.15) is 4.98 Å². The Morgan fingerprint density at radius 2 is 1.81 bits per heavy atom. The molecular weight excluding hydrogens is 348 g/mol. The van der Waals surface area contributed by atoms with Crippen LogP contribution in [0.3, 0.4) is 0 Å². The molecule has 0 bridgehead atoms. The Kier molecular flexibility index (Phi) is 4.51. The van der Waals surface area contributed by atoms with Crippen molar-refractivity contribution in [3.05, 3.63) is 47.0 Å². The van der Waals surface area contributed by atoms with Crippen LogP contribution in [-0.4, -0.2) is 27.5 Å². The molecule has 1 fully saturated rings. The molecule has 1 aliphatic rings. The van der Waals surface area contributed by atoms with Gasteiger partial charge in [0.05, 0.1) is 5.52 Å². The van der Waals surface area contributed by atoms with Gasteiger partial charge in [0, 0.05) is 17.6 Å². The lowest BCUT2D eigenvalue weighted by Gasteiger charge is -2.37. The van der Waals surface area contributed by atoms with Gasteiger partial charge in [-0.05, 0) is 55.5 Å². The van der Waals surface area contributed by atoms with Crippen molar-refractivity contribution >= 4 is 40.2 Å². The fourth-order valence-electron chi connectivity index (χ4n) is 3.61. The number of pyridine rings is 1. The molecule has 1 aliphatic heterocycles. The van der Waals surface area contributed by atoms with E-state index >= 15 is 0 Å². The van der Waals surface area contributed by atoms with Crippen LogP contribution in [0.15, 0.2) is 36.4 Å². The van der Waals surface area contributed by atoms with Crippen LogP contribution in [-0.2, 0) is 6.42 Å². The summed E-state index contributed by atoms with van der Waals surface area (Å²) < 4.78 is 0. The molecule has 0 amide bonds. The lowest BCUT2D eigenvalue weighted by Crippen LogP contribution is -2.41. The predicted molar refractivity (Wildman–Crippen MR) is 106 cm³/mol. The zero-order valence-electron chi connectivity index (χ0n) is 14.4. The average Bonchev–Trinajstić information content (AvgIpc) is 2.64. The Bertz CT molecular complexity index is 927. The summed E-state index contributed by atoms with van der Waals surface area (Å²) in [6.07, 6.45) is 4.48. The highest BCUT2D eigenvalue weighted by Gasteiger charge is 2.24. The highest BCUT2D eigenvalue weighted by molar-refractivity contribution is 6.30. The fourth-order valence-corrected chi connectivity index (χ4v) is 3.74. The summed E-state index contributed by atoms with van der Waals surface area (Å²) in [4.78, 5) is 15.4. The lowest BCUT2D eigenvalue weighted by atomic mass is 9.95. The zero-order chi connectivity index (χ0) is 18.1. The number of aromatic nitrogens is 3. The number of fused-ring (bicyclic) bond motifs is 1. The van der Waals surface area contributed by atoms with E-state index < -0.39 is 0 Å². The molecule has 1 aromatic carbocycles. The second-order valence-corrected chi connectivity index (χ2v) is 7.11. The normalized spacial score (nSPS) is 17.6. The van der Waals surface area contributed by atoms with Crippen LogP contribution < -0.4 is 16.4 Å². The Morgan fingerprint density at radius 3 is 2.62 bits per heavy atom. The standard InChI is InChI=1S/C19H21ClN6/c20-13-6-4-12(5-7-13)11-14-3-1-2-10-26(14)16-9-8-15-17(24-16)18(21)25-19(22)23-15/h4-9,14H,1-3,10-11H2,(H4,21,22,23,25). The fraction of sp³-hybridized carbons (Fsp3) is 0.316. The molecule has 0 spiro atoms. The third-order valence-corrected chi connectivity index (χ3v) is 5.13. The van der Waals surface area contributed by atoms with Gasteiger partial charge < -0.3 is 16.4 Å². The van der Waals surface area contributed by atoms with E-state index in [1.54, 1.807) is 0 Å². The molecule has 0 radical (unpaired) electrons. The van der Waals surface area contributed by atoms with E-state index in [1.807, 2.05) is 24.3 Å². The third kappa shape index (κ3) is 3.37. The zero-order valence-corrected chi connectivity index (χ0v) is 15.2. The van der Waals surface area contributed by atoms with E-state index in [-0.39, 0.29) is 5.95 Å². The average molecular weight is 369 g/mol. The number of nitrogen functional groups attached to an aromatic ring is 2. The number of hydrogen-bond acceptors (Lipinski definition) is 6. The smallest absolute Gasteiger partial charge is 0.222 e. The first-order valence-corrected chi connectivity index (χ1v) is 9.19. The predicted octanol–water partition coefficient (Wildman–Crippen LogP) is 3.44. The van der Waals surface area contributed by atoms with Crippen LogP contribution in [0, 0.1) is 0 Å². The van der Waals surface area contributed by atoms with Crippen molar-refractivity contribution in [1.29, 1.82) is 0 Å². The highest BCUT2D eigenvalue weighted by atomic mass is 35.5. The SMILES string of the molecule is Nc1nc(N)c2nc(N3CCCCC3Cc3ccc(Cl)cc3)ccc2n1. The Morgan fingerprint density at radius 1 is 1.00 bits per heavy atom. The second kappa shape index (κ2) is 6.96. The summed E-state index contributed by atoms with van der Waals surface area (Å²) in [7, 11) is 0. The Balaban J connectivity index is 1.65. The quantitative estimate of drug-likeness (QED) is 0.735. The van der Waals surface area contributed by atoms with Crippen LogP contribution in [0.25, 0.3) is 11.0 Å².